The normalized spacial score (nSPS) is 17.9. The number of rotatable bonds is 2. The number of hydrogen-bond acceptors (Lipinski definition) is 5. The Bertz CT molecular complexity index is 703. The second-order valence-electron chi connectivity index (χ2n) is 4.38. The summed E-state index contributed by atoms with van der Waals surface area (Å²) in [5.74, 6) is 0. The number of benzene rings is 1. The maximum Gasteiger partial charge on any atom is 0.243 e. The smallest absolute Gasteiger partial charge is 0.243 e. The lowest BCUT2D eigenvalue weighted by atomic mass is 10.3. The molecule has 0 amide bonds. The number of morpholine rings is 1. The van der Waals surface area contributed by atoms with Crippen LogP contribution in [0.3, 0.4) is 0 Å². The molecule has 2 heterocycles. The molecule has 0 aliphatic carbocycles. The van der Waals surface area contributed by atoms with E-state index in [1.807, 2.05) is 13.0 Å². The van der Waals surface area contributed by atoms with Crippen molar-refractivity contribution in [3.05, 3.63) is 23.2 Å². The van der Waals surface area contributed by atoms with Gasteiger partial charge in [-0.05, 0) is 25.1 Å². The van der Waals surface area contributed by atoms with Crippen LogP contribution in [0, 0.1) is 6.92 Å². The summed E-state index contributed by atoms with van der Waals surface area (Å²) < 4.78 is 32.6. The number of hydrogen-bond donors (Lipinski definition) is 0. The van der Waals surface area contributed by atoms with Crippen LogP contribution < -0.4 is 0 Å². The van der Waals surface area contributed by atoms with Crippen LogP contribution in [0.25, 0.3) is 10.2 Å². The van der Waals surface area contributed by atoms with Crippen molar-refractivity contribution >= 4 is 31.6 Å². The minimum absolute atomic E-state index is 0.312. The highest BCUT2D eigenvalue weighted by Crippen LogP contribution is 2.26. The fourth-order valence-electron chi connectivity index (χ4n) is 2.12. The van der Waals surface area contributed by atoms with E-state index in [2.05, 4.69) is 4.98 Å². The van der Waals surface area contributed by atoms with Gasteiger partial charge in [-0.2, -0.15) is 4.31 Å². The molecule has 102 valence electrons. The van der Waals surface area contributed by atoms with E-state index < -0.39 is 10.0 Å². The summed E-state index contributed by atoms with van der Waals surface area (Å²) in [6.07, 6.45) is 0. The molecule has 5 nitrogen and oxygen atoms in total. The van der Waals surface area contributed by atoms with Crippen LogP contribution in [0.5, 0.6) is 0 Å². The van der Waals surface area contributed by atoms with E-state index in [-0.39, 0.29) is 0 Å². The Morgan fingerprint density at radius 2 is 2.05 bits per heavy atom. The first-order chi connectivity index (χ1) is 9.07. The molecule has 7 heteroatoms. The summed E-state index contributed by atoms with van der Waals surface area (Å²) >= 11 is 1.57. The first-order valence-electron chi connectivity index (χ1n) is 6.02. The van der Waals surface area contributed by atoms with E-state index in [1.54, 1.807) is 23.5 Å². The molecule has 0 radical (unpaired) electrons. The topological polar surface area (TPSA) is 59.5 Å². The second kappa shape index (κ2) is 4.82. The fourth-order valence-corrected chi connectivity index (χ4v) is 4.35. The van der Waals surface area contributed by atoms with Crippen LogP contribution in [0.4, 0.5) is 0 Å². The molecular formula is C12H14N2O3S2. The molecule has 1 aromatic carbocycles. The van der Waals surface area contributed by atoms with Crippen LogP contribution in [-0.2, 0) is 14.8 Å². The van der Waals surface area contributed by atoms with Gasteiger partial charge in [-0.1, -0.05) is 0 Å². The summed E-state index contributed by atoms with van der Waals surface area (Å²) in [6, 6.07) is 5.14. The Labute approximate surface area is 115 Å². The summed E-state index contributed by atoms with van der Waals surface area (Å²) in [5, 5.41) is 0.941. The van der Waals surface area contributed by atoms with Crippen molar-refractivity contribution in [3.63, 3.8) is 0 Å². The number of aryl methyl sites for hydroxylation is 1. The number of ether oxygens (including phenoxy) is 1. The molecule has 1 aliphatic rings. The summed E-state index contributed by atoms with van der Waals surface area (Å²) in [5.41, 5.74) is 0.747. The van der Waals surface area contributed by atoms with E-state index >= 15 is 0 Å². The second-order valence-corrected chi connectivity index (χ2v) is 7.55. The highest BCUT2D eigenvalue weighted by atomic mass is 32.2. The van der Waals surface area contributed by atoms with Gasteiger partial charge in [0.25, 0.3) is 0 Å². The van der Waals surface area contributed by atoms with Crippen LogP contribution in [0.15, 0.2) is 23.1 Å². The van der Waals surface area contributed by atoms with Crippen LogP contribution in [-0.4, -0.2) is 44.0 Å². The van der Waals surface area contributed by atoms with E-state index in [9.17, 15) is 8.42 Å². The van der Waals surface area contributed by atoms with Crippen molar-refractivity contribution in [3.8, 4) is 0 Å². The van der Waals surface area contributed by atoms with Crippen LogP contribution in [0.2, 0.25) is 0 Å². The molecule has 1 saturated heterocycles. The average Bonchev–Trinajstić information content (AvgIpc) is 2.78. The number of fused-ring (bicyclic) bond motifs is 1. The van der Waals surface area contributed by atoms with Crippen molar-refractivity contribution in [1.29, 1.82) is 0 Å². The van der Waals surface area contributed by atoms with Gasteiger partial charge in [-0.25, -0.2) is 13.4 Å². The van der Waals surface area contributed by atoms with Gasteiger partial charge in [0.05, 0.1) is 33.3 Å². The maximum absolute atomic E-state index is 12.5. The van der Waals surface area contributed by atoms with Crippen molar-refractivity contribution in [1.82, 2.24) is 9.29 Å². The molecule has 0 spiro atoms. The zero-order chi connectivity index (χ0) is 13.5. The van der Waals surface area contributed by atoms with Gasteiger partial charge in [0, 0.05) is 13.1 Å². The summed E-state index contributed by atoms with van der Waals surface area (Å²) in [6.45, 7) is 3.66. The number of sulfonamides is 1. The summed E-state index contributed by atoms with van der Waals surface area (Å²) in [4.78, 5) is 4.66. The zero-order valence-electron chi connectivity index (χ0n) is 10.5. The SMILES string of the molecule is Cc1nc2cc(S(=O)(=O)N3CCOCC3)ccc2s1. The Morgan fingerprint density at radius 1 is 1.32 bits per heavy atom. The van der Waals surface area contributed by atoms with Crippen LogP contribution >= 0.6 is 11.3 Å². The third-order valence-corrected chi connectivity index (χ3v) is 5.92. The molecule has 0 atom stereocenters. The van der Waals surface area contributed by atoms with Crippen LogP contribution in [0.1, 0.15) is 5.01 Å². The molecule has 0 unspecified atom stereocenters. The van der Waals surface area contributed by atoms with E-state index in [4.69, 9.17) is 4.74 Å². The highest BCUT2D eigenvalue weighted by molar-refractivity contribution is 7.89. The third kappa shape index (κ3) is 2.38. The molecular weight excluding hydrogens is 284 g/mol. The van der Waals surface area contributed by atoms with Crippen molar-refractivity contribution in [2.45, 2.75) is 11.8 Å². The first kappa shape index (κ1) is 13.0. The molecule has 0 N–H and O–H groups in total. The highest BCUT2D eigenvalue weighted by Gasteiger charge is 2.26. The Morgan fingerprint density at radius 3 is 2.79 bits per heavy atom. The van der Waals surface area contributed by atoms with Gasteiger partial charge in [0.2, 0.25) is 10.0 Å². The average molecular weight is 298 g/mol. The van der Waals surface area contributed by atoms with Crippen molar-refractivity contribution < 1.29 is 13.2 Å². The monoisotopic (exact) mass is 298 g/mol. The minimum Gasteiger partial charge on any atom is -0.379 e. The molecule has 3 rings (SSSR count). The Hall–Kier alpha value is -1.02. The summed E-state index contributed by atoms with van der Waals surface area (Å²) in [7, 11) is -3.43. The van der Waals surface area contributed by atoms with Gasteiger partial charge < -0.3 is 4.74 Å². The van der Waals surface area contributed by atoms with Gasteiger partial charge >= 0.3 is 0 Å². The maximum atomic E-state index is 12.5. The lowest BCUT2D eigenvalue weighted by molar-refractivity contribution is 0.0730. The van der Waals surface area contributed by atoms with E-state index in [1.165, 1.54) is 4.31 Å². The largest absolute Gasteiger partial charge is 0.379 e. The molecule has 2 aromatic rings. The quantitative estimate of drug-likeness (QED) is 0.845. The van der Waals surface area contributed by atoms with E-state index in [0.717, 1.165) is 15.2 Å². The van der Waals surface area contributed by atoms with E-state index in [0.29, 0.717) is 31.2 Å². The Balaban J connectivity index is 2.02. The molecule has 0 bridgehead atoms. The predicted molar refractivity (Wildman–Crippen MR) is 73.9 cm³/mol. The van der Waals surface area contributed by atoms with Crippen molar-refractivity contribution in [2.75, 3.05) is 26.3 Å². The Kier molecular flexibility index (Phi) is 3.30. The molecule has 0 saturated carbocycles. The third-order valence-electron chi connectivity index (χ3n) is 3.07. The van der Waals surface area contributed by atoms with Gasteiger partial charge in [-0.15, -0.1) is 11.3 Å². The molecule has 1 aliphatic heterocycles. The van der Waals surface area contributed by atoms with Gasteiger partial charge in [-0.3, -0.25) is 0 Å². The number of aromatic nitrogens is 1. The standard InChI is InChI=1S/C12H14N2O3S2/c1-9-13-11-8-10(2-3-12(11)18-9)19(15,16)14-4-6-17-7-5-14/h2-3,8H,4-7H2,1H3. The van der Waals surface area contributed by atoms with Crippen molar-refractivity contribution in [2.24, 2.45) is 0 Å². The lowest BCUT2D eigenvalue weighted by Crippen LogP contribution is -2.40. The molecule has 1 aromatic heterocycles. The fraction of sp³-hybridized carbons (Fsp3) is 0.417. The lowest BCUT2D eigenvalue weighted by Gasteiger charge is -2.25. The first-order valence-corrected chi connectivity index (χ1v) is 8.28. The number of thiazole rings is 1. The van der Waals surface area contributed by atoms with Gasteiger partial charge in [0.15, 0.2) is 0 Å². The number of nitrogens with zero attached hydrogens (tertiary/aromatic N) is 2. The zero-order valence-corrected chi connectivity index (χ0v) is 12.1. The van der Waals surface area contributed by atoms with Gasteiger partial charge in [0.1, 0.15) is 0 Å². The molecule has 19 heavy (non-hydrogen) atoms. The predicted octanol–water partition coefficient (Wildman–Crippen LogP) is 1.63. The minimum atomic E-state index is -3.43. The molecule has 1 fully saturated rings.